The van der Waals surface area contributed by atoms with Gasteiger partial charge in [0.2, 0.25) is 11.8 Å². The molecular weight excluding hydrogens is 254 g/mol. The Morgan fingerprint density at radius 1 is 1.17 bits per heavy atom. The molecule has 0 aromatic heterocycles. The number of hydrogen-bond acceptors (Lipinski definition) is 3. The summed E-state index contributed by atoms with van der Waals surface area (Å²) in [5, 5.41) is 5.36. The summed E-state index contributed by atoms with van der Waals surface area (Å²) < 4.78 is 0. The molecule has 18 heavy (non-hydrogen) atoms. The van der Waals surface area contributed by atoms with Crippen LogP contribution in [0.3, 0.4) is 0 Å². The van der Waals surface area contributed by atoms with Crippen LogP contribution in [-0.2, 0) is 9.59 Å². The molecule has 6 heteroatoms. The zero-order valence-corrected chi connectivity index (χ0v) is 11.8. The van der Waals surface area contributed by atoms with Crippen LogP contribution in [0.1, 0.15) is 39.0 Å². The lowest BCUT2D eigenvalue weighted by Crippen LogP contribution is -2.42. The molecule has 2 amide bonds. The Morgan fingerprint density at radius 3 is 2.28 bits per heavy atom. The molecule has 0 atom stereocenters. The molecule has 1 saturated carbocycles. The standard InChI is InChI=1S/C12H23N3O2.ClH/c1-2-12(5-3-4-6-12)9-15-11(17)8-14-10(16)7-13;/h2-9,13H2,1H3,(H,14,16)(H,15,17);1H. The third-order valence-electron chi connectivity index (χ3n) is 3.71. The summed E-state index contributed by atoms with van der Waals surface area (Å²) >= 11 is 0. The lowest BCUT2D eigenvalue weighted by atomic mass is 9.83. The maximum absolute atomic E-state index is 11.5. The van der Waals surface area contributed by atoms with Crippen LogP contribution in [0, 0.1) is 5.41 Å². The van der Waals surface area contributed by atoms with Crippen LogP contribution in [0.15, 0.2) is 0 Å². The third-order valence-corrected chi connectivity index (χ3v) is 3.71. The number of nitrogens with one attached hydrogen (secondary N) is 2. The van der Waals surface area contributed by atoms with Gasteiger partial charge in [0.15, 0.2) is 0 Å². The lowest BCUT2D eigenvalue weighted by Gasteiger charge is -2.27. The molecule has 1 aliphatic carbocycles. The van der Waals surface area contributed by atoms with Crippen molar-refractivity contribution in [3.63, 3.8) is 0 Å². The highest BCUT2D eigenvalue weighted by molar-refractivity contribution is 5.85. The predicted molar refractivity (Wildman–Crippen MR) is 73.5 cm³/mol. The van der Waals surface area contributed by atoms with Crippen LogP contribution < -0.4 is 16.4 Å². The monoisotopic (exact) mass is 277 g/mol. The molecule has 0 aromatic carbocycles. The van der Waals surface area contributed by atoms with Gasteiger partial charge in [0.25, 0.3) is 0 Å². The van der Waals surface area contributed by atoms with E-state index in [1.54, 1.807) is 0 Å². The number of halogens is 1. The van der Waals surface area contributed by atoms with Gasteiger partial charge in [-0.25, -0.2) is 0 Å². The van der Waals surface area contributed by atoms with Gasteiger partial charge in [-0.3, -0.25) is 9.59 Å². The van der Waals surface area contributed by atoms with Crippen LogP contribution >= 0.6 is 12.4 Å². The van der Waals surface area contributed by atoms with Crippen LogP contribution in [0.5, 0.6) is 0 Å². The van der Waals surface area contributed by atoms with Crippen molar-refractivity contribution in [2.45, 2.75) is 39.0 Å². The summed E-state index contributed by atoms with van der Waals surface area (Å²) in [6.07, 6.45) is 6.00. The molecule has 0 saturated heterocycles. The second kappa shape index (κ2) is 8.32. The van der Waals surface area contributed by atoms with Crippen LogP contribution in [-0.4, -0.2) is 31.4 Å². The number of rotatable bonds is 6. The van der Waals surface area contributed by atoms with Gasteiger partial charge in [0, 0.05) is 6.54 Å². The molecule has 0 unspecified atom stereocenters. The van der Waals surface area contributed by atoms with Crippen LogP contribution in [0.4, 0.5) is 0 Å². The molecule has 5 nitrogen and oxygen atoms in total. The fourth-order valence-corrected chi connectivity index (χ4v) is 2.38. The van der Waals surface area contributed by atoms with Gasteiger partial charge in [0.05, 0.1) is 13.1 Å². The Labute approximate surface area is 115 Å². The Morgan fingerprint density at radius 2 is 1.78 bits per heavy atom. The lowest BCUT2D eigenvalue weighted by molar-refractivity contribution is -0.125. The number of carbonyl (C=O) groups is 2. The molecule has 1 aliphatic rings. The average molecular weight is 278 g/mol. The predicted octanol–water partition coefficient (Wildman–Crippen LogP) is 0.570. The molecule has 1 fully saturated rings. The highest BCUT2D eigenvalue weighted by Gasteiger charge is 2.32. The number of carbonyl (C=O) groups excluding carboxylic acids is 2. The first-order valence-corrected chi connectivity index (χ1v) is 6.35. The summed E-state index contributed by atoms with van der Waals surface area (Å²) in [5.74, 6) is -0.433. The van der Waals surface area contributed by atoms with Crippen molar-refractivity contribution in [2.24, 2.45) is 11.1 Å². The van der Waals surface area contributed by atoms with Crippen molar-refractivity contribution in [3.05, 3.63) is 0 Å². The van der Waals surface area contributed by atoms with Gasteiger partial charge in [-0.1, -0.05) is 19.8 Å². The van der Waals surface area contributed by atoms with Crippen molar-refractivity contribution in [1.29, 1.82) is 0 Å². The van der Waals surface area contributed by atoms with Gasteiger partial charge in [-0.05, 0) is 24.7 Å². The summed E-state index contributed by atoms with van der Waals surface area (Å²) in [6, 6.07) is 0. The van der Waals surface area contributed by atoms with E-state index >= 15 is 0 Å². The first-order chi connectivity index (χ1) is 8.12. The quantitative estimate of drug-likeness (QED) is 0.664. The van der Waals surface area contributed by atoms with Crippen molar-refractivity contribution < 1.29 is 9.59 Å². The van der Waals surface area contributed by atoms with E-state index < -0.39 is 0 Å². The van der Waals surface area contributed by atoms with Gasteiger partial charge < -0.3 is 16.4 Å². The number of nitrogens with two attached hydrogens (primary N) is 1. The summed E-state index contributed by atoms with van der Waals surface area (Å²) in [5.41, 5.74) is 5.42. The minimum absolute atomic E-state index is 0. The maximum atomic E-state index is 11.5. The number of hydrogen-bond donors (Lipinski definition) is 3. The Kier molecular flexibility index (Phi) is 7.95. The van der Waals surface area contributed by atoms with E-state index in [0.717, 1.165) is 13.0 Å². The largest absolute Gasteiger partial charge is 0.354 e. The van der Waals surface area contributed by atoms with Crippen molar-refractivity contribution in [1.82, 2.24) is 10.6 Å². The normalized spacial score (nSPS) is 16.8. The van der Waals surface area contributed by atoms with E-state index in [0.29, 0.717) is 0 Å². The first-order valence-electron chi connectivity index (χ1n) is 6.35. The molecule has 0 bridgehead atoms. The molecule has 0 spiro atoms. The second-order valence-corrected chi connectivity index (χ2v) is 4.82. The van der Waals surface area contributed by atoms with Crippen molar-refractivity contribution in [2.75, 3.05) is 19.6 Å². The SMILES string of the molecule is CCC1(CNC(=O)CNC(=O)CN)CCCC1.Cl. The van der Waals surface area contributed by atoms with Crippen molar-refractivity contribution in [3.8, 4) is 0 Å². The fraction of sp³-hybridized carbons (Fsp3) is 0.833. The minimum atomic E-state index is -0.300. The Bertz CT molecular complexity index is 278. The van der Waals surface area contributed by atoms with Gasteiger partial charge in [-0.2, -0.15) is 0 Å². The highest BCUT2D eigenvalue weighted by atomic mass is 35.5. The zero-order chi connectivity index (χ0) is 12.7. The van der Waals surface area contributed by atoms with E-state index in [1.807, 2.05) is 0 Å². The molecule has 0 aromatic rings. The topological polar surface area (TPSA) is 84.2 Å². The minimum Gasteiger partial charge on any atom is -0.354 e. The molecule has 4 N–H and O–H groups in total. The molecule has 1 rings (SSSR count). The van der Waals surface area contributed by atoms with Crippen molar-refractivity contribution >= 4 is 24.2 Å². The van der Waals surface area contributed by atoms with E-state index in [2.05, 4.69) is 17.6 Å². The smallest absolute Gasteiger partial charge is 0.239 e. The Hall–Kier alpha value is -0.810. The van der Waals surface area contributed by atoms with E-state index in [-0.39, 0.29) is 42.7 Å². The maximum Gasteiger partial charge on any atom is 0.239 e. The van der Waals surface area contributed by atoms with E-state index in [4.69, 9.17) is 5.73 Å². The van der Waals surface area contributed by atoms with E-state index in [1.165, 1.54) is 25.7 Å². The summed E-state index contributed by atoms with van der Waals surface area (Å²) in [6.45, 7) is 2.84. The second-order valence-electron chi connectivity index (χ2n) is 4.82. The van der Waals surface area contributed by atoms with E-state index in [9.17, 15) is 9.59 Å². The Balaban J connectivity index is 0.00000289. The first kappa shape index (κ1) is 17.2. The molecule has 0 radical (unpaired) electrons. The average Bonchev–Trinajstić information content (AvgIpc) is 2.82. The fourth-order valence-electron chi connectivity index (χ4n) is 2.38. The zero-order valence-electron chi connectivity index (χ0n) is 11.0. The molecular formula is C12H24ClN3O2. The third kappa shape index (κ3) is 5.23. The van der Waals surface area contributed by atoms with Gasteiger partial charge in [0.1, 0.15) is 0 Å². The van der Waals surface area contributed by atoms with Gasteiger partial charge in [-0.15, -0.1) is 12.4 Å². The summed E-state index contributed by atoms with van der Waals surface area (Å²) in [7, 11) is 0. The molecule has 0 aliphatic heterocycles. The summed E-state index contributed by atoms with van der Waals surface area (Å²) in [4.78, 5) is 22.4. The van der Waals surface area contributed by atoms with Gasteiger partial charge >= 0.3 is 0 Å². The van der Waals surface area contributed by atoms with Crippen LogP contribution in [0.2, 0.25) is 0 Å². The molecule has 106 valence electrons. The molecule has 0 heterocycles. The van der Waals surface area contributed by atoms with Crippen LogP contribution in [0.25, 0.3) is 0 Å². The number of amides is 2. The highest BCUT2D eigenvalue weighted by Crippen LogP contribution is 2.40.